The maximum atomic E-state index is 13.7. The number of carbonyl (C=O) groups excluding carboxylic acids is 1. The zero-order chi connectivity index (χ0) is 25.2. The van der Waals surface area contributed by atoms with E-state index in [0.717, 1.165) is 5.56 Å². The summed E-state index contributed by atoms with van der Waals surface area (Å²) in [7, 11) is 0. The van der Waals surface area contributed by atoms with Gasteiger partial charge in [-0.15, -0.1) is 0 Å². The Morgan fingerprint density at radius 2 is 1.97 bits per heavy atom. The average molecular weight is 486 g/mol. The molecule has 3 aromatic rings. The molecule has 11 heteroatoms. The third-order valence-corrected chi connectivity index (χ3v) is 6.10. The van der Waals surface area contributed by atoms with Crippen molar-refractivity contribution in [2.24, 2.45) is 0 Å². The number of nitrogen functional groups attached to an aromatic ring is 1. The number of aromatic nitrogens is 3. The summed E-state index contributed by atoms with van der Waals surface area (Å²) in [6.07, 6.45) is -2.24. The van der Waals surface area contributed by atoms with Crippen molar-refractivity contribution >= 4 is 17.5 Å². The standard InChI is InChI=1S/C24H25F3N6O2/c1-14-16(7-10-20(28)32-14)11-31-22(34)19-9-8-17-12-29-21(23(35)33(17)19)30-13-18(24(25,26)27)15-5-3-2-4-6-15/h2-7,10,12,18-19H,8-9,11,13H2,1H3,(H2,28,32)(H,29,30)(H,31,34)/t18-,19-/m0/s1. The van der Waals surface area contributed by atoms with E-state index in [2.05, 4.69) is 20.6 Å². The molecule has 4 rings (SSSR count). The van der Waals surface area contributed by atoms with Crippen LogP contribution in [0.2, 0.25) is 0 Å². The number of aryl methyl sites for hydroxylation is 2. The molecule has 4 N–H and O–H groups in total. The summed E-state index contributed by atoms with van der Waals surface area (Å²) in [5.74, 6) is -2.03. The average Bonchev–Trinajstić information content (AvgIpc) is 3.25. The molecule has 3 heterocycles. The van der Waals surface area contributed by atoms with Gasteiger partial charge in [-0.1, -0.05) is 36.4 Å². The smallest absolute Gasteiger partial charge is 0.384 e. The lowest BCUT2D eigenvalue weighted by Gasteiger charge is -2.22. The van der Waals surface area contributed by atoms with Crippen LogP contribution in [0.3, 0.4) is 0 Å². The first-order valence-corrected chi connectivity index (χ1v) is 11.1. The number of rotatable bonds is 7. The first-order valence-electron chi connectivity index (χ1n) is 11.1. The number of benzene rings is 1. The van der Waals surface area contributed by atoms with Crippen LogP contribution in [0, 0.1) is 6.92 Å². The maximum absolute atomic E-state index is 13.7. The summed E-state index contributed by atoms with van der Waals surface area (Å²) in [6.45, 7) is 1.43. The van der Waals surface area contributed by atoms with Gasteiger partial charge in [-0.05, 0) is 37.0 Å². The molecule has 1 amide bonds. The van der Waals surface area contributed by atoms with Crippen molar-refractivity contribution in [3.05, 3.63) is 81.5 Å². The molecule has 1 aromatic carbocycles. The molecule has 0 fully saturated rings. The predicted molar refractivity (Wildman–Crippen MR) is 125 cm³/mol. The Hall–Kier alpha value is -3.89. The number of fused-ring (bicyclic) bond motifs is 1. The van der Waals surface area contributed by atoms with Gasteiger partial charge in [-0.25, -0.2) is 9.97 Å². The van der Waals surface area contributed by atoms with E-state index in [-0.39, 0.29) is 23.8 Å². The second-order valence-corrected chi connectivity index (χ2v) is 8.41. The van der Waals surface area contributed by atoms with Gasteiger partial charge in [0.05, 0.1) is 5.92 Å². The van der Waals surface area contributed by atoms with Gasteiger partial charge in [0.2, 0.25) is 5.91 Å². The Bertz CT molecular complexity index is 1280. The zero-order valence-electron chi connectivity index (χ0n) is 19.0. The van der Waals surface area contributed by atoms with E-state index in [1.165, 1.54) is 35.0 Å². The second kappa shape index (κ2) is 9.77. The largest absolute Gasteiger partial charge is 0.397 e. The van der Waals surface area contributed by atoms with E-state index in [1.54, 1.807) is 25.1 Å². The van der Waals surface area contributed by atoms with Gasteiger partial charge in [-0.3, -0.25) is 14.2 Å². The molecule has 0 spiro atoms. The van der Waals surface area contributed by atoms with Gasteiger partial charge in [0.25, 0.3) is 5.56 Å². The lowest BCUT2D eigenvalue weighted by Crippen LogP contribution is -2.37. The van der Waals surface area contributed by atoms with Crippen LogP contribution in [-0.4, -0.2) is 33.2 Å². The van der Waals surface area contributed by atoms with Gasteiger partial charge < -0.3 is 16.4 Å². The van der Waals surface area contributed by atoms with Crippen molar-refractivity contribution in [3.8, 4) is 0 Å². The molecule has 35 heavy (non-hydrogen) atoms. The molecule has 8 nitrogen and oxygen atoms in total. The topological polar surface area (TPSA) is 115 Å². The van der Waals surface area contributed by atoms with E-state index < -0.39 is 30.2 Å². The van der Waals surface area contributed by atoms with E-state index in [4.69, 9.17) is 5.73 Å². The maximum Gasteiger partial charge on any atom is 0.397 e. The predicted octanol–water partition coefficient (Wildman–Crippen LogP) is 3.09. The van der Waals surface area contributed by atoms with Gasteiger partial charge in [0.1, 0.15) is 11.9 Å². The lowest BCUT2D eigenvalue weighted by molar-refractivity contribution is -0.147. The van der Waals surface area contributed by atoms with Crippen LogP contribution >= 0.6 is 0 Å². The number of amides is 1. The third kappa shape index (κ3) is 5.28. The number of halogens is 3. The molecule has 2 aromatic heterocycles. The Kier molecular flexibility index (Phi) is 6.77. The number of nitrogens with zero attached hydrogens (tertiary/aromatic N) is 3. The molecule has 184 valence electrons. The van der Waals surface area contributed by atoms with Crippen LogP contribution < -0.4 is 21.9 Å². The van der Waals surface area contributed by atoms with E-state index in [1.807, 2.05) is 0 Å². The number of hydrogen-bond donors (Lipinski definition) is 3. The second-order valence-electron chi connectivity index (χ2n) is 8.41. The number of pyridine rings is 1. The number of anilines is 2. The molecular weight excluding hydrogens is 461 g/mol. The minimum Gasteiger partial charge on any atom is -0.384 e. The highest BCUT2D eigenvalue weighted by molar-refractivity contribution is 5.81. The summed E-state index contributed by atoms with van der Waals surface area (Å²) >= 11 is 0. The normalized spacial score (nSPS) is 15.9. The highest BCUT2D eigenvalue weighted by Crippen LogP contribution is 2.34. The molecule has 2 atom stereocenters. The van der Waals surface area contributed by atoms with Gasteiger partial charge in [0, 0.05) is 30.7 Å². The van der Waals surface area contributed by atoms with Crippen molar-refractivity contribution in [2.45, 2.75) is 44.4 Å². The highest BCUT2D eigenvalue weighted by Gasteiger charge is 2.40. The Morgan fingerprint density at radius 3 is 2.66 bits per heavy atom. The molecule has 1 aliphatic heterocycles. The number of nitrogens with one attached hydrogen (secondary N) is 2. The number of nitrogens with two attached hydrogens (primary N) is 1. The summed E-state index contributed by atoms with van der Waals surface area (Å²) in [5, 5.41) is 5.37. The quantitative estimate of drug-likeness (QED) is 0.473. The van der Waals surface area contributed by atoms with Crippen LogP contribution in [0.15, 0.2) is 53.5 Å². The fourth-order valence-corrected chi connectivity index (χ4v) is 4.21. The summed E-state index contributed by atoms with van der Waals surface area (Å²) in [5.41, 5.74) is 7.14. The highest BCUT2D eigenvalue weighted by atomic mass is 19.4. The number of alkyl halides is 3. The van der Waals surface area contributed by atoms with Crippen molar-refractivity contribution < 1.29 is 18.0 Å². The molecule has 0 saturated heterocycles. The Morgan fingerprint density at radius 1 is 1.23 bits per heavy atom. The van der Waals surface area contributed by atoms with Gasteiger partial charge >= 0.3 is 6.18 Å². The van der Waals surface area contributed by atoms with E-state index >= 15 is 0 Å². The molecule has 0 radical (unpaired) electrons. The molecular formula is C24H25F3N6O2. The van der Waals surface area contributed by atoms with E-state index in [0.29, 0.717) is 30.0 Å². The monoisotopic (exact) mass is 486 g/mol. The SMILES string of the molecule is Cc1nc(N)ccc1CNC(=O)[C@@H]1CCc2cnc(NC[C@@H](c3ccccc3)C(F)(F)F)c(=O)n21. The molecule has 0 bridgehead atoms. The van der Waals surface area contributed by atoms with Gasteiger partial charge in [0.15, 0.2) is 5.82 Å². The minimum atomic E-state index is -4.52. The Balaban J connectivity index is 1.50. The third-order valence-electron chi connectivity index (χ3n) is 6.10. The summed E-state index contributed by atoms with van der Waals surface area (Å²) in [6, 6.07) is 10.1. The van der Waals surface area contributed by atoms with Crippen molar-refractivity contribution in [1.82, 2.24) is 19.9 Å². The molecule has 0 aliphatic carbocycles. The van der Waals surface area contributed by atoms with E-state index in [9.17, 15) is 22.8 Å². The summed E-state index contributed by atoms with van der Waals surface area (Å²) in [4.78, 5) is 34.2. The minimum absolute atomic E-state index is 0.0819. The van der Waals surface area contributed by atoms with Crippen molar-refractivity contribution in [1.29, 1.82) is 0 Å². The van der Waals surface area contributed by atoms with Crippen LogP contribution in [0.1, 0.15) is 40.9 Å². The molecule has 0 unspecified atom stereocenters. The number of hydrogen-bond acceptors (Lipinski definition) is 6. The lowest BCUT2D eigenvalue weighted by atomic mass is 9.98. The number of carbonyl (C=O) groups is 1. The van der Waals surface area contributed by atoms with Crippen LogP contribution in [0.5, 0.6) is 0 Å². The van der Waals surface area contributed by atoms with Crippen molar-refractivity contribution in [2.75, 3.05) is 17.6 Å². The molecule has 0 saturated carbocycles. The fraction of sp³-hybridized carbons (Fsp3) is 0.333. The Labute approximate surface area is 199 Å². The van der Waals surface area contributed by atoms with Crippen molar-refractivity contribution in [3.63, 3.8) is 0 Å². The first-order chi connectivity index (χ1) is 16.6. The first kappa shape index (κ1) is 24.2. The summed E-state index contributed by atoms with van der Waals surface area (Å²) < 4.78 is 42.3. The van der Waals surface area contributed by atoms with Crippen LogP contribution in [-0.2, 0) is 17.8 Å². The van der Waals surface area contributed by atoms with Gasteiger partial charge in [-0.2, -0.15) is 13.2 Å². The van der Waals surface area contributed by atoms with Crippen LogP contribution in [0.4, 0.5) is 24.8 Å². The van der Waals surface area contributed by atoms with Crippen LogP contribution in [0.25, 0.3) is 0 Å². The zero-order valence-corrected chi connectivity index (χ0v) is 19.0. The molecule has 1 aliphatic rings. The fourth-order valence-electron chi connectivity index (χ4n) is 4.21.